The van der Waals surface area contributed by atoms with Crippen molar-refractivity contribution >= 4 is 0 Å². The lowest BCUT2D eigenvalue weighted by Gasteiger charge is -2.33. The summed E-state index contributed by atoms with van der Waals surface area (Å²) < 4.78 is 5.72. The van der Waals surface area contributed by atoms with Crippen LogP contribution < -0.4 is 0 Å². The van der Waals surface area contributed by atoms with Gasteiger partial charge in [0.1, 0.15) is 0 Å². The highest BCUT2D eigenvalue weighted by atomic mass is 16.5. The van der Waals surface area contributed by atoms with E-state index < -0.39 is 0 Å². The first-order valence-electron chi connectivity index (χ1n) is 4.98. The minimum absolute atomic E-state index is 0.441. The second kappa shape index (κ2) is 4.66. The minimum atomic E-state index is 0.441. The third kappa shape index (κ3) is 2.34. The molecular formula is C11H20O. The standard InChI is InChI=1S/C11H20O/c1-4-6-11-10(9(2)3)7-5-8-12-11/h4,9-11H,1,5-8H2,2-3H3/t10-,11-/m0/s1. The quantitative estimate of drug-likeness (QED) is 0.589. The summed E-state index contributed by atoms with van der Waals surface area (Å²) >= 11 is 0. The summed E-state index contributed by atoms with van der Waals surface area (Å²) in [7, 11) is 0. The normalized spacial score (nSPS) is 30.6. The molecule has 1 saturated heterocycles. The molecule has 0 spiro atoms. The van der Waals surface area contributed by atoms with Crippen LogP contribution in [0.2, 0.25) is 0 Å². The van der Waals surface area contributed by atoms with Crippen LogP contribution in [0.25, 0.3) is 0 Å². The summed E-state index contributed by atoms with van der Waals surface area (Å²) in [6.07, 6.45) is 6.00. The van der Waals surface area contributed by atoms with Gasteiger partial charge >= 0.3 is 0 Å². The maximum atomic E-state index is 5.72. The third-order valence-electron chi connectivity index (χ3n) is 2.75. The molecule has 1 rings (SSSR count). The van der Waals surface area contributed by atoms with E-state index in [1.54, 1.807) is 0 Å². The summed E-state index contributed by atoms with van der Waals surface area (Å²) in [6.45, 7) is 9.29. The molecule has 0 aromatic carbocycles. The molecule has 1 heteroatoms. The molecule has 0 amide bonds. The van der Waals surface area contributed by atoms with Gasteiger partial charge in [0.05, 0.1) is 6.10 Å². The van der Waals surface area contributed by atoms with E-state index in [0.717, 1.165) is 24.9 Å². The molecule has 0 aromatic rings. The van der Waals surface area contributed by atoms with E-state index in [9.17, 15) is 0 Å². The molecular weight excluding hydrogens is 148 g/mol. The third-order valence-corrected chi connectivity index (χ3v) is 2.75. The van der Waals surface area contributed by atoms with E-state index in [0.29, 0.717) is 6.10 Å². The Balaban J connectivity index is 2.47. The van der Waals surface area contributed by atoms with Crippen molar-refractivity contribution in [2.24, 2.45) is 11.8 Å². The second-order valence-electron chi connectivity index (χ2n) is 3.98. The van der Waals surface area contributed by atoms with E-state index in [2.05, 4.69) is 20.4 Å². The first-order chi connectivity index (χ1) is 5.75. The largest absolute Gasteiger partial charge is 0.378 e. The van der Waals surface area contributed by atoms with Crippen molar-refractivity contribution in [1.82, 2.24) is 0 Å². The van der Waals surface area contributed by atoms with Gasteiger partial charge in [0.2, 0.25) is 0 Å². The number of hydrogen-bond donors (Lipinski definition) is 0. The van der Waals surface area contributed by atoms with Crippen LogP contribution in [0.3, 0.4) is 0 Å². The van der Waals surface area contributed by atoms with Crippen LogP contribution in [0.15, 0.2) is 12.7 Å². The summed E-state index contributed by atoms with van der Waals surface area (Å²) in [5.41, 5.74) is 0. The molecule has 0 saturated carbocycles. The minimum Gasteiger partial charge on any atom is -0.378 e. The molecule has 0 aromatic heterocycles. The van der Waals surface area contributed by atoms with Gasteiger partial charge in [-0.25, -0.2) is 0 Å². The highest BCUT2D eigenvalue weighted by Crippen LogP contribution is 2.29. The van der Waals surface area contributed by atoms with Crippen LogP contribution in [0.4, 0.5) is 0 Å². The molecule has 1 heterocycles. The van der Waals surface area contributed by atoms with Crippen molar-refractivity contribution in [3.8, 4) is 0 Å². The maximum Gasteiger partial charge on any atom is 0.0639 e. The Labute approximate surface area is 75.8 Å². The molecule has 1 aliphatic heterocycles. The van der Waals surface area contributed by atoms with Gasteiger partial charge in [-0.3, -0.25) is 0 Å². The zero-order chi connectivity index (χ0) is 8.97. The van der Waals surface area contributed by atoms with E-state index in [1.165, 1.54) is 12.8 Å². The van der Waals surface area contributed by atoms with Crippen LogP contribution in [-0.2, 0) is 4.74 Å². The number of rotatable bonds is 3. The monoisotopic (exact) mass is 168 g/mol. The van der Waals surface area contributed by atoms with Gasteiger partial charge in [-0.2, -0.15) is 0 Å². The van der Waals surface area contributed by atoms with Crippen LogP contribution in [0, 0.1) is 11.8 Å². The highest BCUT2D eigenvalue weighted by molar-refractivity contribution is 4.83. The summed E-state index contributed by atoms with van der Waals surface area (Å²) in [5, 5.41) is 0. The van der Waals surface area contributed by atoms with Gasteiger partial charge in [-0.05, 0) is 31.1 Å². The van der Waals surface area contributed by atoms with Gasteiger partial charge < -0.3 is 4.74 Å². The molecule has 12 heavy (non-hydrogen) atoms. The maximum absolute atomic E-state index is 5.72. The van der Waals surface area contributed by atoms with Gasteiger partial charge in [-0.15, -0.1) is 6.58 Å². The summed E-state index contributed by atoms with van der Waals surface area (Å²) in [5.74, 6) is 1.49. The first kappa shape index (κ1) is 9.79. The molecule has 2 atom stereocenters. The lowest BCUT2D eigenvalue weighted by Crippen LogP contribution is -2.32. The number of hydrogen-bond acceptors (Lipinski definition) is 1. The van der Waals surface area contributed by atoms with E-state index in [4.69, 9.17) is 4.74 Å². The van der Waals surface area contributed by atoms with Gasteiger partial charge in [0, 0.05) is 6.61 Å². The van der Waals surface area contributed by atoms with Crippen molar-refractivity contribution in [3.63, 3.8) is 0 Å². The molecule has 0 aliphatic carbocycles. The fraction of sp³-hybridized carbons (Fsp3) is 0.818. The van der Waals surface area contributed by atoms with Gasteiger partial charge in [-0.1, -0.05) is 19.9 Å². The highest BCUT2D eigenvalue weighted by Gasteiger charge is 2.26. The predicted molar refractivity (Wildman–Crippen MR) is 52.1 cm³/mol. The lowest BCUT2D eigenvalue weighted by molar-refractivity contribution is -0.0392. The van der Waals surface area contributed by atoms with Crippen molar-refractivity contribution in [1.29, 1.82) is 0 Å². The van der Waals surface area contributed by atoms with E-state index >= 15 is 0 Å². The molecule has 1 fully saturated rings. The fourth-order valence-electron chi connectivity index (χ4n) is 2.03. The Morgan fingerprint density at radius 2 is 2.33 bits per heavy atom. The zero-order valence-corrected chi connectivity index (χ0v) is 8.25. The average molecular weight is 168 g/mol. The molecule has 0 radical (unpaired) electrons. The molecule has 1 nitrogen and oxygen atoms in total. The smallest absolute Gasteiger partial charge is 0.0639 e. The van der Waals surface area contributed by atoms with Crippen LogP contribution in [0.5, 0.6) is 0 Å². The van der Waals surface area contributed by atoms with Crippen LogP contribution in [-0.4, -0.2) is 12.7 Å². The van der Waals surface area contributed by atoms with Crippen molar-refractivity contribution in [3.05, 3.63) is 12.7 Å². The predicted octanol–water partition coefficient (Wildman–Crippen LogP) is 3.01. The van der Waals surface area contributed by atoms with Gasteiger partial charge in [0.15, 0.2) is 0 Å². The topological polar surface area (TPSA) is 9.23 Å². The Kier molecular flexibility index (Phi) is 3.80. The molecule has 70 valence electrons. The SMILES string of the molecule is C=CC[C@@H]1OCCC[C@H]1C(C)C. The fourth-order valence-corrected chi connectivity index (χ4v) is 2.03. The average Bonchev–Trinajstić information content (AvgIpc) is 2.05. The number of ether oxygens (including phenoxy) is 1. The van der Waals surface area contributed by atoms with E-state index in [1.807, 2.05) is 6.08 Å². The molecule has 0 N–H and O–H groups in total. The zero-order valence-electron chi connectivity index (χ0n) is 8.25. The van der Waals surface area contributed by atoms with Crippen LogP contribution >= 0.6 is 0 Å². The second-order valence-corrected chi connectivity index (χ2v) is 3.98. The summed E-state index contributed by atoms with van der Waals surface area (Å²) in [6, 6.07) is 0. The lowest BCUT2D eigenvalue weighted by atomic mass is 9.83. The van der Waals surface area contributed by atoms with Crippen molar-refractivity contribution in [2.75, 3.05) is 6.61 Å². The summed E-state index contributed by atoms with van der Waals surface area (Å²) in [4.78, 5) is 0. The Bertz CT molecular complexity index is 140. The first-order valence-corrected chi connectivity index (χ1v) is 4.98. The van der Waals surface area contributed by atoms with Gasteiger partial charge in [0.25, 0.3) is 0 Å². The van der Waals surface area contributed by atoms with E-state index in [-0.39, 0.29) is 0 Å². The Hall–Kier alpha value is -0.300. The molecule has 1 aliphatic rings. The molecule has 0 bridgehead atoms. The Morgan fingerprint density at radius 3 is 2.92 bits per heavy atom. The van der Waals surface area contributed by atoms with Crippen molar-refractivity contribution < 1.29 is 4.74 Å². The Morgan fingerprint density at radius 1 is 1.58 bits per heavy atom. The van der Waals surface area contributed by atoms with Crippen molar-refractivity contribution in [2.45, 2.75) is 39.2 Å². The molecule has 0 unspecified atom stereocenters. The van der Waals surface area contributed by atoms with Crippen LogP contribution in [0.1, 0.15) is 33.1 Å².